The van der Waals surface area contributed by atoms with Gasteiger partial charge in [0.15, 0.2) is 0 Å². The number of hydrogen-bond acceptors (Lipinski definition) is 3. The predicted octanol–water partition coefficient (Wildman–Crippen LogP) is 15.2. The lowest BCUT2D eigenvalue weighted by Gasteiger charge is -2.24. The van der Waals surface area contributed by atoms with Crippen molar-refractivity contribution in [2.24, 2.45) is 0 Å². The summed E-state index contributed by atoms with van der Waals surface area (Å²) in [5.74, 6) is 0. The molecule has 0 bridgehead atoms. The highest BCUT2D eigenvalue weighted by atomic mass is 16.3. The summed E-state index contributed by atoms with van der Waals surface area (Å²) in [5, 5.41) is 8.43. The molecular formula is C54H39NO2. The molecule has 2 heterocycles. The van der Waals surface area contributed by atoms with Crippen molar-refractivity contribution in [3.05, 3.63) is 180 Å². The van der Waals surface area contributed by atoms with Crippen LogP contribution in [-0.2, 0) is 10.8 Å². The summed E-state index contributed by atoms with van der Waals surface area (Å²) in [5.41, 5.74) is 20.7. The van der Waals surface area contributed by atoms with Gasteiger partial charge in [-0.3, -0.25) is 0 Å². The first-order valence-electron chi connectivity index (χ1n) is 19.9. The first-order chi connectivity index (χ1) is 27.7. The third kappa shape index (κ3) is 4.54. The van der Waals surface area contributed by atoms with E-state index in [0.717, 1.165) is 66.4 Å². The van der Waals surface area contributed by atoms with Gasteiger partial charge in [-0.05, 0) is 104 Å². The minimum Gasteiger partial charge on any atom is -0.455 e. The van der Waals surface area contributed by atoms with Crippen LogP contribution in [0.15, 0.2) is 167 Å². The average Bonchev–Trinajstić information content (AvgIpc) is 3.93. The van der Waals surface area contributed by atoms with Gasteiger partial charge >= 0.3 is 0 Å². The zero-order valence-electron chi connectivity index (χ0n) is 32.3. The quantitative estimate of drug-likeness (QED) is 0.196. The van der Waals surface area contributed by atoms with Crippen LogP contribution >= 0.6 is 0 Å². The summed E-state index contributed by atoms with van der Waals surface area (Å²) in [6.45, 7) is 9.41. The topological polar surface area (TPSA) is 38.3 Å². The second-order valence-corrected chi connectivity index (χ2v) is 17.0. The van der Waals surface area contributed by atoms with Crippen LogP contribution in [0.4, 0.5) is 11.4 Å². The average molecular weight is 734 g/mol. The van der Waals surface area contributed by atoms with E-state index in [2.05, 4.69) is 179 Å². The summed E-state index contributed by atoms with van der Waals surface area (Å²) in [4.78, 5) is 0. The number of hydrogen-bond donors (Lipinski definition) is 1. The summed E-state index contributed by atoms with van der Waals surface area (Å²) < 4.78 is 12.9. The number of nitrogens with one attached hydrogen (secondary N) is 1. The molecule has 0 saturated heterocycles. The van der Waals surface area contributed by atoms with Crippen LogP contribution < -0.4 is 5.32 Å². The molecule has 0 unspecified atom stereocenters. The molecule has 3 heteroatoms. The highest BCUT2D eigenvalue weighted by Gasteiger charge is 2.38. The molecule has 0 aliphatic heterocycles. The molecule has 2 aliphatic carbocycles. The first-order valence-corrected chi connectivity index (χ1v) is 19.9. The second-order valence-electron chi connectivity index (χ2n) is 17.0. The van der Waals surface area contributed by atoms with Gasteiger partial charge in [0, 0.05) is 54.9 Å². The van der Waals surface area contributed by atoms with Gasteiger partial charge in [0.2, 0.25) is 0 Å². The van der Waals surface area contributed by atoms with Gasteiger partial charge in [-0.1, -0.05) is 137 Å². The predicted molar refractivity (Wildman–Crippen MR) is 237 cm³/mol. The number of furan rings is 2. The lowest BCUT2D eigenvalue weighted by atomic mass is 9.81. The molecule has 0 amide bonds. The Kier molecular flexibility index (Phi) is 6.46. The van der Waals surface area contributed by atoms with E-state index in [1.165, 1.54) is 55.6 Å². The fourth-order valence-corrected chi connectivity index (χ4v) is 10.1. The van der Waals surface area contributed by atoms with Crippen molar-refractivity contribution in [2.45, 2.75) is 38.5 Å². The van der Waals surface area contributed by atoms with Gasteiger partial charge in [0.25, 0.3) is 0 Å². The second kappa shape index (κ2) is 11.4. The molecule has 1 N–H and O–H groups in total. The fourth-order valence-electron chi connectivity index (χ4n) is 10.1. The Morgan fingerprint density at radius 1 is 0.351 bits per heavy atom. The normalized spacial score (nSPS) is 14.6. The highest BCUT2D eigenvalue weighted by molar-refractivity contribution is 6.11. The van der Waals surface area contributed by atoms with Gasteiger partial charge in [0.05, 0.1) is 0 Å². The number of rotatable bonds is 4. The molecule has 0 atom stereocenters. The maximum Gasteiger partial charge on any atom is 0.143 e. The lowest BCUT2D eigenvalue weighted by molar-refractivity contribution is 0.660. The summed E-state index contributed by atoms with van der Waals surface area (Å²) in [6.07, 6.45) is 0. The lowest BCUT2D eigenvalue weighted by Crippen LogP contribution is -2.15. The molecule has 10 aromatic rings. The minimum atomic E-state index is -0.174. The van der Waals surface area contributed by atoms with Crippen LogP contribution in [-0.4, -0.2) is 0 Å². The molecule has 272 valence electrons. The molecule has 57 heavy (non-hydrogen) atoms. The van der Waals surface area contributed by atoms with Crippen LogP contribution in [0.2, 0.25) is 0 Å². The number of benzene rings is 8. The number of fused-ring (bicyclic) bond motifs is 12. The van der Waals surface area contributed by atoms with Gasteiger partial charge < -0.3 is 14.2 Å². The third-order valence-electron chi connectivity index (χ3n) is 13.1. The van der Waals surface area contributed by atoms with Gasteiger partial charge in [-0.2, -0.15) is 0 Å². The maximum absolute atomic E-state index is 6.44. The van der Waals surface area contributed by atoms with E-state index in [-0.39, 0.29) is 10.8 Å². The van der Waals surface area contributed by atoms with Crippen molar-refractivity contribution in [2.75, 3.05) is 5.32 Å². The molecule has 3 nitrogen and oxygen atoms in total. The summed E-state index contributed by atoms with van der Waals surface area (Å²) in [6, 6.07) is 57.2. The Bertz CT molecular complexity index is 3110. The Morgan fingerprint density at radius 2 is 0.737 bits per heavy atom. The number of anilines is 2. The zero-order valence-corrected chi connectivity index (χ0v) is 32.3. The van der Waals surface area contributed by atoms with Crippen molar-refractivity contribution in [1.29, 1.82) is 0 Å². The standard InChI is InChI=1S/C54H39NO2/c1-53(2)45-27-31(35-13-9-15-43-41-11-5-7-17-49(41)56-51(35)43)19-23-37(45)39-25-21-33(29-47(39)53)55-34-22-26-40-38-24-20-32(28-46(38)54(3,4)48(40)30-34)36-14-10-16-44-42-12-6-8-18-50(42)57-52(36)44/h5-30,55H,1-4H3. The summed E-state index contributed by atoms with van der Waals surface area (Å²) in [7, 11) is 0. The Hall–Kier alpha value is -6.84. The van der Waals surface area contributed by atoms with Gasteiger partial charge in [0.1, 0.15) is 22.3 Å². The molecule has 12 rings (SSSR count). The van der Waals surface area contributed by atoms with E-state index in [4.69, 9.17) is 8.83 Å². The van der Waals surface area contributed by atoms with Crippen LogP contribution in [0.3, 0.4) is 0 Å². The van der Waals surface area contributed by atoms with Crippen LogP contribution in [0, 0.1) is 0 Å². The highest BCUT2D eigenvalue weighted by Crippen LogP contribution is 2.53. The van der Waals surface area contributed by atoms with Crippen molar-refractivity contribution in [3.8, 4) is 44.5 Å². The van der Waals surface area contributed by atoms with E-state index in [1.54, 1.807) is 0 Å². The maximum atomic E-state index is 6.44. The smallest absolute Gasteiger partial charge is 0.143 e. The van der Waals surface area contributed by atoms with Gasteiger partial charge in [-0.25, -0.2) is 0 Å². The van der Waals surface area contributed by atoms with Crippen molar-refractivity contribution >= 4 is 55.3 Å². The molecule has 8 aromatic carbocycles. The molecule has 2 aromatic heterocycles. The fraction of sp³-hybridized carbons (Fsp3) is 0.111. The van der Waals surface area contributed by atoms with Crippen LogP contribution in [0.5, 0.6) is 0 Å². The Balaban J connectivity index is 0.861. The van der Waals surface area contributed by atoms with Crippen molar-refractivity contribution in [1.82, 2.24) is 0 Å². The van der Waals surface area contributed by atoms with Crippen molar-refractivity contribution in [3.63, 3.8) is 0 Å². The van der Waals surface area contributed by atoms with E-state index >= 15 is 0 Å². The SMILES string of the molecule is CC1(C)c2cc(Nc3ccc4c(c3)C(C)(C)c3cc(-c5cccc6c5oc5ccccc56)ccc3-4)ccc2-c2ccc(-c3cccc4c3oc3ccccc34)cc21. The molecule has 0 spiro atoms. The molecule has 0 saturated carbocycles. The van der Waals surface area contributed by atoms with Crippen LogP contribution in [0.25, 0.3) is 88.4 Å². The molecule has 0 radical (unpaired) electrons. The third-order valence-corrected chi connectivity index (χ3v) is 13.1. The Labute approximate surface area is 331 Å². The molecular weight excluding hydrogens is 695 g/mol. The Morgan fingerprint density at radius 3 is 1.19 bits per heavy atom. The van der Waals surface area contributed by atoms with E-state index < -0.39 is 0 Å². The first kappa shape index (κ1) is 32.4. The monoisotopic (exact) mass is 733 g/mol. The van der Waals surface area contributed by atoms with Crippen LogP contribution in [0.1, 0.15) is 49.9 Å². The minimum absolute atomic E-state index is 0.174. The van der Waals surface area contributed by atoms with E-state index in [9.17, 15) is 0 Å². The van der Waals surface area contributed by atoms with Gasteiger partial charge in [-0.15, -0.1) is 0 Å². The molecule has 0 fully saturated rings. The largest absolute Gasteiger partial charge is 0.455 e. The number of para-hydroxylation sites is 4. The zero-order chi connectivity index (χ0) is 38.2. The molecule has 2 aliphatic rings. The summed E-state index contributed by atoms with van der Waals surface area (Å²) >= 11 is 0. The van der Waals surface area contributed by atoms with E-state index in [1.807, 2.05) is 12.1 Å². The van der Waals surface area contributed by atoms with E-state index in [0.29, 0.717) is 0 Å². The van der Waals surface area contributed by atoms with Crippen molar-refractivity contribution < 1.29 is 8.83 Å².